The quantitative estimate of drug-likeness (QED) is 0.302. The van der Waals surface area contributed by atoms with Crippen LogP contribution in [0, 0.1) is 0 Å². The molecule has 1 aromatic carbocycles. The van der Waals surface area contributed by atoms with Crippen LogP contribution in [0.1, 0.15) is 17.0 Å². The Morgan fingerprint density at radius 1 is 1.04 bits per heavy atom. The molecule has 0 radical (unpaired) electrons. The smallest absolute Gasteiger partial charge is 0.191 e. The third-order valence-corrected chi connectivity index (χ3v) is 4.08. The van der Waals surface area contributed by atoms with Gasteiger partial charge in [-0.1, -0.05) is 18.2 Å². The van der Waals surface area contributed by atoms with Crippen LogP contribution in [-0.4, -0.2) is 27.8 Å². The first-order valence-corrected chi connectivity index (χ1v) is 8.77. The molecule has 0 atom stereocenters. The van der Waals surface area contributed by atoms with Gasteiger partial charge in [-0.25, -0.2) is 0 Å². The number of aromatic nitrogens is 3. The zero-order valence-corrected chi connectivity index (χ0v) is 18.3. The van der Waals surface area contributed by atoms with E-state index in [0.717, 1.165) is 28.7 Å². The Morgan fingerprint density at radius 2 is 1.82 bits per heavy atom. The van der Waals surface area contributed by atoms with E-state index in [1.165, 1.54) is 0 Å². The number of pyridine rings is 1. The number of nitrogens with zero attached hydrogens (tertiary/aromatic N) is 4. The van der Waals surface area contributed by atoms with Crippen molar-refractivity contribution >= 4 is 29.9 Å². The molecule has 2 aromatic heterocycles. The van der Waals surface area contributed by atoms with Crippen molar-refractivity contribution in [2.45, 2.75) is 19.7 Å². The topological polar surface area (TPSA) is 76.4 Å². The molecule has 0 saturated heterocycles. The molecule has 0 amide bonds. The molecule has 0 fully saturated rings. The Kier molecular flexibility index (Phi) is 8.73. The summed E-state index contributed by atoms with van der Waals surface area (Å²) in [5.74, 6) is 1.56. The van der Waals surface area contributed by atoms with Gasteiger partial charge in [0, 0.05) is 33.0 Å². The molecule has 0 spiro atoms. The lowest BCUT2D eigenvalue weighted by Gasteiger charge is -2.12. The van der Waals surface area contributed by atoms with Gasteiger partial charge in [0.2, 0.25) is 0 Å². The van der Waals surface area contributed by atoms with Gasteiger partial charge in [-0.2, -0.15) is 5.10 Å². The zero-order valence-electron chi connectivity index (χ0n) is 16.0. The highest BCUT2D eigenvalue weighted by Gasteiger charge is 2.02. The number of hydrogen-bond donors (Lipinski definition) is 2. The standard InChI is InChI=1S/C20H24N6O.HI/c1-21-20(24-14-18-10-12-25-26(18)2)23-13-16-6-8-19(9-7-16)27-15-17-5-3-4-11-22-17;/h3-12H,13-15H2,1-2H3,(H2,21,23,24);1H. The number of aliphatic imine (C=N–C) groups is 1. The van der Waals surface area contributed by atoms with Gasteiger partial charge in [-0.15, -0.1) is 24.0 Å². The third kappa shape index (κ3) is 6.52. The molecule has 0 aliphatic carbocycles. The number of benzene rings is 1. The van der Waals surface area contributed by atoms with Crippen molar-refractivity contribution < 1.29 is 4.74 Å². The summed E-state index contributed by atoms with van der Waals surface area (Å²) in [5.41, 5.74) is 3.14. The second-order valence-corrected chi connectivity index (χ2v) is 5.98. The molecule has 3 aromatic rings. The fourth-order valence-electron chi connectivity index (χ4n) is 2.50. The molecule has 2 heterocycles. The van der Waals surface area contributed by atoms with Crippen LogP contribution in [0.15, 0.2) is 65.9 Å². The van der Waals surface area contributed by atoms with E-state index in [9.17, 15) is 0 Å². The highest BCUT2D eigenvalue weighted by Crippen LogP contribution is 2.13. The van der Waals surface area contributed by atoms with Gasteiger partial charge in [0.1, 0.15) is 12.4 Å². The zero-order chi connectivity index (χ0) is 18.9. The first-order chi connectivity index (χ1) is 13.2. The number of aryl methyl sites for hydroxylation is 1. The van der Waals surface area contributed by atoms with Crippen LogP contribution in [0.2, 0.25) is 0 Å². The van der Waals surface area contributed by atoms with Crippen molar-refractivity contribution in [3.05, 3.63) is 77.9 Å². The van der Waals surface area contributed by atoms with Crippen molar-refractivity contribution in [3.63, 3.8) is 0 Å². The number of rotatable bonds is 7. The normalized spacial score (nSPS) is 10.9. The highest BCUT2D eigenvalue weighted by atomic mass is 127. The predicted octanol–water partition coefficient (Wildman–Crippen LogP) is 2.88. The van der Waals surface area contributed by atoms with Crippen LogP contribution < -0.4 is 15.4 Å². The third-order valence-electron chi connectivity index (χ3n) is 4.08. The Labute approximate surface area is 182 Å². The summed E-state index contributed by atoms with van der Waals surface area (Å²) in [6.07, 6.45) is 3.55. The lowest BCUT2D eigenvalue weighted by Crippen LogP contribution is -2.36. The SMILES string of the molecule is CN=C(NCc1ccc(OCc2ccccn2)cc1)NCc1ccnn1C.I. The Morgan fingerprint density at radius 3 is 2.46 bits per heavy atom. The monoisotopic (exact) mass is 492 g/mol. The van der Waals surface area contributed by atoms with Gasteiger partial charge in [-0.3, -0.25) is 14.7 Å². The van der Waals surface area contributed by atoms with Crippen LogP contribution in [0.4, 0.5) is 0 Å². The minimum atomic E-state index is 0. The van der Waals surface area contributed by atoms with Gasteiger partial charge in [0.25, 0.3) is 0 Å². The van der Waals surface area contributed by atoms with Gasteiger partial charge >= 0.3 is 0 Å². The fourth-order valence-corrected chi connectivity index (χ4v) is 2.50. The summed E-state index contributed by atoms with van der Waals surface area (Å²) < 4.78 is 7.59. The van der Waals surface area contributed by atoms with E-state index in [4.69, 9.17) is 4.74 Å². The maximum atomic E-state index is 5.76. The van der Waals surface area contributed by atoms with E-state index in [2.05, 4.69) is 25.7 Å². The van der Waals surface area contributed by atoms with Crippen LogP contribution in [0.25, 0.3) is 0 Å². The largest absolute Gasteiger partial charge is 0.487 e. The summed E-state index contributed by atoms with van der Waals surface area (Å²) in [6, 6.07) is 15.8. The minimum Gasteiger partial charge on any atom is -0.487 e. The lowest BCUT2D eigenvalue weighted by atomic mass is 10.2. The van der Waals surface area contributed by atoms with Crippen LogP contribution in [0.3, 0.4) is 0 Å². The molecule has 0 bridgehead atoms. The van der Waals surface area contributed by atoms with Crippen LogP contribution in [0.5, 0.6) is 5.75 Å². The molecule has 28 heavy (non-hydrogen) atoms. The first-order valence-electron chi connectivity index (χ1n) is 8.77. The number of nitrogens with one attached hydrogen (secondary N) is 2. The van der Waals surface area contributed by atoms with E-state index in [1.807, 2.05) is 60.3 Å². The highest BCUT2D eigenvalue weighted by molar-refractivity contribution is 14.0. The number of halogens is 1. The van der Waals surface area contributed by atoms with Crippen molar-refractivity contribution in [2.75, 3.05) is 7.05 Å². The average molecular weight is 492 g/mol. The second-order valence-electron chi connectivity index (χ2n) is 5.98. The van der Waals surface area contributed by atoms with Gasteiger partial charge < -0.3 is 15.4 Å². The van der Waals surface area contributed by atoms with Gasteiger partial charge in [0.05, 0.1) is 17.9 Å². The van der Waals surface area contributed by atoms with E-state index in [-0.39, 0.29) is 24.0 Å². The van der Waals surface area contributed by atoms with Crippen molar-refractivity contribution in [1.82, 2.24) is 25.4 Å². The minimum absolute atomic E-state index is 0. The van der Waals surface area contributed by atoms with Crippen molar-refractivity contribution in [3.8, 4) is 5.75 Å². The maximum Gasteiger partial charge on any atom is 0.191 e. The molecule has 0 aliphatic rings. The Balaban J connectivity index is 0.00000280. The van der Waals surface area contributed by atoms with Crippen molar-refractivity contribution in [2.24, 2.45) is 12.0 Å². The van der Waals surface area contributed by atoms with E-state index < -0.39 is 0 Å². The summed E-state index contributed by atoms with van der Waals surface area (Å²) in [7, 11) is 3.68. The first kappa shape index (κ1) is 21.7. The molecule has 8 heteroatoms. The molecular weight excluding hydrogens is 467 g/mol. The van der Waals surface area contributed by atoms with E-state index in [0.29, 0.717) is 19.7 Å². The van der Waals surface area contributed by atoms with Gasteiger partial charge in [0.15, 0.2) is 5.96 Å². The number of hydrogen-bond acceptors (Lipinski definition) is 4. The van der Waals surface area contributed by atoms with Crippen molar-refractivity contribution in [1.29, 1.82) is 0 Å². The molecule has 0 unspecified atom stereocenters. The molecule has 3 rings (SSSR count). The van der Waals surface area contributed by atoms with Crippen LogP contribution in [-0.2, 0) is 26.7 Å². The van der Waals surface area contributed by atoms with Gasteiger partial charge in [-0.05, 0) is 35.9 Å². The Hall–Kier alpha value is -2.62. The summed E-state index contributed by atoms with van der Waals surface area (Å²) in [6.45, 7) is 1.80. The predicted molar refractivity (Wildman–Crippen MR) is 121 cm³/mol. The molecule has 148 valence electrons. The number of guanidine groups is 1. The second kappa shape index (κ2) is 11.3. The Bertz CT molecular complexity index is 864. The molecule has 0 saturated carbocycles. The maximum absolute atomic E-state index is 5.76. The lowest BCUT2D eigenvalue weighted by molar-refractivity contribution is 0.301. The molecular formula is C20H25IN6O. The molecule has 7 nitrogen and oxygen atoms in total. The molecule has 0 aliphatic heterocycles. The van der Waals surface area contributed by atoms with E-state index >= 15 is 0 Å². The summed E-state index contributed by atoms with van der Waals surface area (Å²) >= 11 is 0. The average Bonchev–Trinajstić information content (AvgIpc) is 3.13. The summed E-state index contributed by atoms with van der Waals surface area (Å²) in [5, 5.41) is 10.7. The summed E-state index contributed by atoms with van der Waals surface area (Å²) in [4.78, 5) is 8.50. The fraction of sp³-hybridized carbons (Fsp3) is 0.250. The number of ether oxygens (including phenoxy) is 1. The van der Waals surface area contributed by atoms with E-state index in [1.54, 1.807) is 19.4 Å². The molecule has 2 N–H and O–H groups in total. The van der Waals surface area contributed by atoms with Crippen LogP contribution >= 0.6 is 24.0 Å².